The van der Waals surface area contributed by atoms with Gasteiger partial charge in [0.1, 0.15) is 0 Å². The van der Waals surface area contributed by atoms with Crippen LogP contribution in [0.5, 0.6) is 0 Å². The third-order valence-electron chi connectivity index (χ3n) is 4.58. The Morgan fingerprint density at radius 1 is 1.17 bits per heavy atom. The maximum Gasteiger partial charge on any atom is 0.307 e. The summed E-state index contributed by atoms with van der Waals surface area (Å²) in [6.45, 7) is 3.48. The van der Waals surface area contributed by atoms with Crippen molar-refractivity contribution in [2.45, 2.75) is 37.6 Å². The molecular formula is C22H24N2O4S. The molecule has 2 aromatic carbocycles. The van der Waals surface area contributed by atoms with Gasteiger partial charge in [0.15, 0.2) is 6.61 Å². The molecule has 0 unspecified atom stereocenters. The summed E-state index contributed by atoms with van der Waals surface area (Å²) in [4.78, 5) is 39.4. The van der Waals surface area contributed by atoms with Crippen molar-refractivity contribution in [1.29, 1.82) is 0 Å². The average Bonchev–Trinajstić information content (AvgIpc) is 2.82. The number of anilines is 2. The summed E-state index contributed by atoms with van der Waals surface area (Å²) in [5, 5.41) is 2.81. The van der Waals surface area contributed by atoms with Gasteiger partial charge in [-0.3, -0.25) is 14.4 Å². The average molecular weight is 413 g/mol. The van der Waals surface area contributed by atoms with E-state index >= 15 is 0 Å². The van der Waals surface area contributed by atoms with Crippen LogP contribution in [0.15, 0.2) is 53.4 Å². The molecule has 0 fully saturated rings. The second-order valence-electron chi connectivity index (χ2n) is 6.95. The number of thioether (sulfide) groups is 1. The standard InChI is InChI=1S/C22H24N2O4S/c1-15-7-9-17(10-8-15)29-12-11-22(27)28-14-21(26)24-16(2)13-20(25)23-18-5-3-4-6-19(18)24/h3-10,16H,11-14H2,1-2H3,(H,23,25)/t16-/m0/s1. The molecule has 1 N–H and O–H groups in total. The van der Waals surface area contributed by atoms with Crippen LogP contribution in [0.1, 0.15) is 25.3 Å². The Kier molecular flexibility index (Phi) is 6.93. The van der Waals surface area contributed by atoms with Gasteiger partial charge in [-0.1, -0.05) is 29.8 Å². The van der Waals surface area contributed by atoms with E-state index in [4.69, 9.17) is 4.74 Å². The van der Waals surface area contributed by atoms with Crippen molar-refractivity contribution in [1.82, 2.24) is 0 Å². The summed E-state index contributed by atoms with van der Waals surface area (Å²) in [7, 11) is 0. The first-order chi connectivity index (χ1) is 13.9. The largest absolute Gasteiger partial charge is 0.456 e. The Labute approximate surface area is 174 Å². The van der Waals surface area contributed by atoms with Gasteiger partial charge in [-0.25, -0.2) is 0 Å². The highest BCUT2D eigenvalue weighted by Gasteiger charge is 2.29. The summed E-state index contributed by atoms with van der Waals surface area (Å²) in [6, 6.07) is 14.9. The van der Waals surface area contributed by atoms with Gasteiger partial charge in [0.2, 0.25) is 5.91 Å². The number of nitrogens with one attached hydrogen (secondary N) is 1. The molecule has 0 radical (unpaired) electrons. The fourth-order valence-corrected chi connectivity index (χ4v) is 3.97. The van der Waals surface area contributed by atoms with Crippen molar-refractivity contribution in [3.05, 3.63) is 54.1 Å². The first kappa shape index (κ1) is 20.9. The highest BCUT2D eigenvalue weighted by Crippen LogP contribution is 2.31. The molecule has 1 heterocycles. The maximum atomic E-state index is 12.8. The number of nitrogens with zero attached hydrogens (tertiary/aromatic N) is 1. The van der Waals surface area contributed by atoms with E-state index < -0.39 is 5.97 Å². The van der Waals surface area contributed by atoms with E-state index in [2.05, 4.69) is 5.32 Å². The lowest BCUT2D eigenvalue weighted by atomic mass is 10.1. The summed E-state index contributed by atoms with van der Waals surface area (Å²) < 4.78 is 5.20. The van der Waals surface area contributed by atoms with Crippen molar-refractivity contribution >= 4 is 40.9 Å². The van der Waals surface area contributed by atoms with Gasteiger partial charge in [0, 0.05) is 23.1 Å². The zero-order valence-electron chi connectivity index (χ0n) is 16.5. The lowest BCUT2D eigenvalue weighted by Crippen LogP contribution is -2.41. The molecule has 0 aliphatic carbocycles. The molecule has 2 amide bonds. The number of carbonyl (C=O) groups is 3. The quantitative estimate of drug-likeness (QED) is 0.577. The number of hydrogen-bond donors (Lipinski definition) is 1. The maximum absolute atomic E-state index is 12.8. The molecule has 0 saturated heterocycles. The Balaban J connectivity index is 1.53. The molecule has 1 aliphatic heterocycles. The predicted octanol–water partition coefficient (Wildman–Crippen LogP) is 3.78. The van der Waals surface area contributed by atoms with Crippen molar-refractivity contribution in [3.63, 3.8) is 0 Å². The van der Waals surface area contributed by atoms with Crippen LogP contribution >= 0.6 is 11.8 Å². The molecule has 152 valence electrons. The minimum absolute atomic E-state index is 0.148. The molecule has 0 aromatic heterocycles. The lowest BCUT2D eigenvalue weighted by molar-refractivity contribution is -0.147. The van der Waals surface area contributed by atoms with Crippen LogP contribution in [0.2, 0.25) is 0 Å². The SMILES string of the molecule is Cc1ccc(SCCC(=O)OCC(=O)N2c3ccccc3NC(=O)C[C@@H]2C)cc1. The number of rotatable bonds is 6. The Hall–Kier alpha value is -2.80. The topological polar surface area (TPSA) is 75.7 Å². The molecule has 2 aromatic rings. The second-order valence-corrected chi connectivity index (χ2v) is 8.12. The van der Waals surface area contributed by atoms with E-state index in [9.17, 15) is 14.4 Å². The van der Waals surface area contributed by atoms with E-state index in [0.29, 0.717) is 17.1 Å². The van der Waals surface area contributed by atoms with Gasteiger partial charge < -0.3 is 15.0 Å². The van der Waals surface area contributed by atoms with E-state index in [1.54, 1.807) is 43.0 Å². The summed E-state index contributed by atoms with van der Waals surface area (Å²) in [5.74, 6) is -0.327. The van der Waals surface area contributed by atoms with Gasteiger partial charge in [-0.15, -0.1) is 11.8 Å². The molecule has 0 spiro atoms. The molecule has 0 bridgehead atoms. The zero-order valence-corrected chi connectivity index (χ0v) is 17.3. The molecule has 29 heavy (non-hydrogen) atoms. The molecular weight excluding hydrogens is 388 g/mol. The number of amides is 2. The van der Waals surface area contributed by atoms with Gasteiger partial charge in [0.05, 0.1) is 17.8 Å². The molecule has 1 atom stereocenters. The predicted molar refractivity (Wildman–Crippen MR) is 114 cm³/mol. The van der Waals surface area contributed by atoms with Crippen LogP contribution in [0, 0.1) is 6.92 Å². The fraction of sp³-hybridized carbons (Fsp3) is 0.318. The highest BCUT2D eigenvalue weighted by molar-refractivity contribution is 7.99. The summed E-state index contributed by atoms with van der Waals surface area (Å²) >= 11 is 1.57. The van der Waals surface area contributed by atoms with Crippen LogP contribution in [-0.2, 0) is 19.1 Å². The van der Waals surface area contributed by atoms with Crippen molar-refractivity contribution in [2.75, 3.05) is 22.6 Å². The number of hydrogen-bond acceptors (Lipinski definition) is 5. The Morgan fingerprint density at radius 3 is 2.66 bits per heavy atom. The second kappa shape index (κ2) is 9.60. The lowest BCUT2D eigenvalue weighted by Gasteiger charge is -2.27. The molecule has 7 heteroatoms. The molecule has 0 saturated carbocycles. The first-order valence-electron chi connectivity index (χ1n) is 9.50. The Bertz CT molecular complexity index is 898. The monoisotopic (exact) mass is 412 g/mol. The van der Waals surface area contributed by atoms with E-state index in [-0.39, 0.29) is 37.3 Å². The number of ether oxygens (including phenoxy) is 1. The van der Waals surface area contributed by atoms with Gasteiger partial charge in [0.25, 0.3) is 5.91 Å². The highest BCUT2D eigenvalue weighted by atomic mass is 32.2. The normalized spacial score (nSPS) is 15.9. The number of aryl methyl sites for hydroxylation is 1. The molecule has 6 nitrogen and oxygen atoms in total. The minimum atomic E-state index is -0.414. The van der Waals surface area contributed by atoms with Crippen LogP contribution in [0.3, 0.4) is 0 Å². The molecule has 3 rings (SSSR count). The van der Waals surface area contributed by atoms with Crippen molar-refractivity contribution < 1.29 is 19.1 Å². The number of fused-ring (bicyclic) bond motifs is 1. The van der Waals surface area contributed by atoms with Gasteiger partial charge in [-0.2, -0.15) is 0 Å². The zero-order chi connectivity index (χ0) is 20.8. The van der Waals surface area contributed by atoms with Crippen molar-refractivity contribution in [2.24, 2.45) is 0 Å². The number of esters is 1. The number of carbonyl (C=O) groups excluding carboxylic acids is 3. The Morgan fingerprint density at radius 2 is 1.90 bits per heavy atom. The number of para-hydroxylation sites is 2. The van der Waals surface area contributed by atoms with Crippen LogP contribution in [-0.4, -0.2) is 36.2 Å². The van der Waals surface area contributed by atoms with Crippen molar-refractivity contribution in [3.8, 4) is 0 Å². The first-order valence-corrected chi connectivity index (χ1v) is 10.5. The third-order valence-corrected chi connectivity index (χ3v) is 5.59. The van der Waals surface area contributed by atoms with E-state index in [1.807, 2.05) is 31.2 Å². The van der Waals surface area contributed by atoms with Crippen LogP contribution < -0.4 is 10.2 Å². The summed E-state index contributed by atoms with van der Waals surface area (Å²) in [6.07, 6.45) is 0.402. The van der Waals surface area contributed by atoms with E-state index in [1.165, 1.54) is 10.5 Å². The molecule has 1 aliphatic rings. The minimum Gasteiger partial charge on any atom is -0.456 e. The fourth-order valence-electron chi connectivity index (χ4n) is 3.14. The number of benzene rings is 2. The van der Waals surface area contributed by atoms with E-state index in [0.717, 1.165) is 4.90 Å². The third kappa shape index (κ3) is 5.60. The van der Waals surface area contributed by atoms with Gasteiger partial charge in [-0.05, 0) is 38.1 Å². The van der Waals surface area contributed by atoms with Gasteiger partial charge >= 0.3 is 5.97 Å². The summed E-state index contributed by atoms with van der Waals surface area (Å²) in [5.41, 5.74) is 2.38. The van der Waals surface area contributed by atoms with Crippen LogP contribution in [0.4, 0.5) is 11.4 Å². The smallest absolute Gasteiger partial charge is 0.307 e. The van der Waals surface area contributed by atoms with Crippen LogP contribution in [0.25, 0.3) is 0 Å².